The maximum absolute atomic E-state index is 10.6. The number of aliphatic hydroxyl groups excluding tert-OH is 1. The van der Waals surface area contributed by atoms with E-state index < -0.39 is 12.2 Å². The molecule has 1 heterocycles. The molecule has 0 aliphatic carbocycles. The Bertz CT molecular complexity index is 528. The monoisotopic (exact) mass is 264 g/mol. The van der Waals surface area contributed by atoms with Gasteiger partial charge >= 0.3 is 6.09 Å². The van der Waals surface area contributed by atoms with E-state index in [1.165, 1.54) is 11.3 Å². The first-order valence-corrected chi connectivity index (χ1v) is 6.17. The number of thiazole rings is 1. The summed E-state index contributed by atoms with van der Waals surface area (Å²) in [6.07, 6.45) is 0.542. The number of carbonyl (C=O) groups is 1. The minimum absolute atomic E-state index is 0.367. The number of ether oxygens (including phenoxy) is 1. The van der Waals surface area contributed by atoms with Gasteiger partial charge in [0.1, 0.15) is 16.9 Å². The Labute approximate surface area is 108 Å². The largest absolute Gasteiger partial charge is 0.410 e. The number of carbonyl (C=O) groups excluding carboxylic acids is 1. The number of nitrogens with two attached hydrogens (primary N) is 1. The van der Waals surface area contributed by atoms with Crippen LogP contribution in [-0.2, 0) is 6.42 Å². The normalized spacial score (nSPS) is 12.1. The molecule has 94 valence electrons. The summed E-state index contributed by atoms with van der Waals surface area (Å²) in [5, 5.41) is 12.4. The van der Waals surface area contributed by atoms with Crippen molar-refractivity contribution in [3.63, 3.8) is 0 Å². The molecule has 1 unspecified atom stereocenters. The molecule has 1 amide bonds. The molecule has 1 aromatic carbocycles. The zero-order chi connectivity index (χ0) is 13.0. The first kappa shape index (κ1) is 12.5. The van der Waals surface area contributed by atoms with Crippen LogP contribution in [0.3, 0.4) is 0 Å². The van der Waals surface area contributed by atoms with Crippen LogP contribution in [0.1, 0.15) is 16.7 Å². The Morgan fingerprint density at radius 3 is 3.06 bits per heavy atom. The highest BCUT2D eigenvalue weighted by atomic mass is 32.1. The molecule has 0 aliphatic rings. The predicted molar refractivity (Wildman–Crippen MR) is 67.4 cm³/mol. The van der Waals surface area contributed by atoms with E-state index in [4.69, 9.17) is 10.5 Å². The van der Waals surface area contributed by atoms with E-state index in [-0.39, 0.29) is 0 Å². The molecule has 3 N–H and O–H groups in total. The Balaban J connectivity index is 2.07. The van der Waals surface area contributed by atoms with E-state index in [1.54, 1.807) is 24.4 Å². The van der Waals surface area contributed by atoms with Crippen LogP contribution in [0.5, 0.6) is 5.75 Å². The van der Waals surface area contributed by atoms with Crippen LogP contribution in [0.15, 0.2) is 35.8 Å². The molecule has 0 radical (unpaired) electrons. The van der Waals surface area contributed by atoms with Crippen molar-refractivity contribution < 1.29 is 14.6 Å². The van der Waals surface area contributed by atoms with Gasteiger partial charge in [0.25, 0.3) is 0 Å². The number of aliphatic hydroxyl groups is 1. The van der Waals surface area contributed by atoms with Gasteiger partial charge in [0.2, 0.25) is 0 Å². The van der Waals surface area contributed by atoms with Crippen LogP contribution in [0, 0.1) is 0 Å². The van der Waals surface area contributed by atoms with E-state index in [1.807, 2.05) is 11.4 Å². The molecule has 1 atom stereocenters. The van der Waals surface area contributed by atoms with E-state index in [0.717, 1.165) is 5.56 Å². The predicted octanol–water partition coefficient (Wildman–Crippen LogP) is 1.88. The van der Waals surface area contributed by atoms with Gasteiger partial charge in [0.15, 0.2) is 0 Å². The van der Waals surface area contributed by atoms with Gasteiger partial charge in [-0.1, -0.05) is 12.1 Å². The highest BCUT2D eigenvalue weighted by molar-refractivity contribution is 7.09. The second-order valence-corrected chi connectivity index (χ2v) is 4.58. The summed E-state index contributed by atoms with van der Waals surface area (Å²) in [6.45, 7) is 0. The number of hydrogen-bond donors (Lipinski definition) is 2. The third-order valence-corrected chi connectivity index (χ3v) is 3.16. The lowest BCUT2D eigenvalue weighted by Crippen LogP contribution is -2.16. The molecule has 0 fully saturated rings. The van der Waals surface area contributed by atoms with Crippen molar-refractivity contribution in [2.45, 2.75) is 12.5 Å². The molecular weight excluding hydrogens is 252 g/mol. The number of primary amides is 1. The van der Waals surface area contributed by atoms with Gasteiger partial charge in [-0.3, -0.25) is 0 Å². The second kappa shape index (κ2) is 5.61. The van der Waals surface area contributed by atoms with Crippen molar-refractivity contribution in [2.75, 3.05) is 0 Å². The molecule has 0 saturated carbocycles. The van der Waals surface area contributed by atoms with Gasteiger partial charge < -0.3 is 15.6 Å². The molecular formula is C12H12N2O3S. The summed E-state index contributed by atoms with van der Waals surface area (Å²) in [4.78, 5) is 14.7. The van der Waals surface area contributed by atoms with E-state index in [9.17, 15) is 9.90 Å². The molecule has 1 aromatic heterocycles. The molecule has 0 bridgehead atoms. The number of amides is 1. The Morgan fingerprint density at radius 2 is 2.39 bits per heavy atom. The van der Waals surface area contributed by atoms with Gasteiger partial charge in [0.05, 0.1) is 0 Å². The minimum atomic E-state index is -0.854. The molecule has 18 heavy (non-hydrogen) atoms. The second-order valence-electron chi connectivity index (χ2n) is 3.66. The Morgan fingerprint density at radius 1 is 1.56 bits per heavy atom. The minimum Gasteiger partial charge on any atom is -0.410 e. The van der Waals surface area contributed by atoms with Crippen molar-refractivity contribution in [2.24, 2.45) is 5.73 Å². The fraction of sp³-hybridized carbons (Fsp3) is 0.167. The summed E-state index contributed by atoms with van der Waals surface area (Å²) in [5.41, 5.74) is 5.78. The molecule has 5 nitrogen and oxygen atoms in total. The summed E-state index contributed by atoms with van der Waals surface area (Å²) < 4.78 is 4.77. The topological polar surface area (TPSA) is 85.4 Å². The smallest absolute Gasteiger partial charge is 0.409 e. The number of nitrogens with zero attached hydrogens (tertiary/aromatic N) is 1. The standard InChI is InChI=1S/C12H12N2O3S/c13-12(16)17-9-3-1-2-8(6-9)7-10(15)11-14-4-5-18-11/h1-6,10,15H,7H2,(H2,13,16). The highest BCUT2D eigenvalue weighted by Gasteiger charge is 2.11. The quantitative estimate of drug-likeness (QED) is 0.882. The van der Waals surface area contributed by atoms with Gasteiger partial charge in [-0.25, -0.2) is 9.78 Å². The van der Waals surface area contributed by atoms with Gasteiger partial charge in [-0.2, -0.15) is 0 Å². The zero-order valence-electron chi connectivity index (χ0n) is 9.45. The average molecular weight is 264 g/mol. The lowest BCUT2D eigenvalue weighted by Gasteiger charge is -2.08. The Hall–Kier alpha value is -1.92. The van der Waals surface area contributed by atoms with Crippen molar-refractivity contribution in [1.29, 1.82) is 0 Å². The lowest BCUT2D eigenvalue weighted by molar-refractivity contribution is 0.178. The van der Waals surface area contributed by atoms with Crippen molar-refractivity contribution >= 4 is 17.4 Å². The van der Waals surface area contributed by atoms with E-state index >= 15 is 0 Å². The van der Waals surface area contributed by atoms with Crippen LogP contribution in [0.25, 0.3) is 0 Å². The number of aromatic nitrogens is 1. The molecule has 6 heteroatoms. The molecule has 0 saturated heterocycles. The van der Waals surface area contributed by atoms with Crippen molar-refractivity contribution in [3.05, 3.63) is 46.4 Å². The number of rotatable bonds is 4. The number of benzene rings is 1. The average Bonchev–Trinajstić information content (AvgIpc) is 2.81. The lowest BCUT2D eigenvalue weighted by atomic mass is 10.1. The SMILES string of the molecule is NC(=O)Oc1cccc(CC(O)c2nccs2)c1. The molecule has 2 aromatic rings. The van der Waals surface area contributed by atoms with Crippen LogP contribution in [0.2, 0.25) is 0 Å². The maximum atomic E-state index is 10.6. The summed E-state index contributed by atoms with van der Waals surface area (Å²) in [7, 11) is 0. The van der Waals surface area contributed by atoms with Crippen LogP contribution in [-0.4, -0.2) is 16.2 Å². The van der Waals surface area contributed by atoms with Crippen LogP contribution < -0.4 is 10.5 Å². The summed E-state index contributed by atoms with van der Waals surface area (Å²) in [6, 6.07) is 6.87. The zero-order valence-corrected chi connectivity index (χ0v) is 10.3. The summed E-state index contributed by atoms with van der Waals surface area (Å²) >= 11 is 1.40. The Kier molecular flexibility index (Phi) is 3.91. The molecule has 0 aliphatic heterocycles. The molecule has 2 rings (SSSR count). The first-order valence-electron chi connectivity index (χ1n) is 5.29. The fourth-order valence-corrected chi connectivity index (χ4v) is 2.18. The van der Waals surface area contributed by atoms with Crippen LogP contribution in [0.4, 0.5) is 4.79 Å². The van der Waals surface area contributed by atoms with Gasteiger partial charge in [-0.05, 0) is 17.7 Å². The molecule has 0 spiro atoms. The number of hydrogen-bond acceptors (Lipinski definition) is 5. The van der Waals surface area contributed by atoms with Gasteiger partial charge in [-0.15, -0.1) is 11.3 Å². The van der Waals surface area contributed by atoms with E-state index in [0.29, 0.717) is 17.2 Å². The maximum Gasteiger partial charge on any atom is 0.409 e. The highest BCUT2D eigenvalue weighted by Crippen LogP contribution is 2.22. The van der Waals surface area contributed by atoms with Crippen molar-refractivity contribution in [3.8, 4) is 5.75 Å². The van der Waals surface area contributed by atoms with Crippen LogP contribution >= 0.6 is 11.3 Å². The van der Waals surface area contributed by atoms with Crippen molar-refractivity contribution in [1.82, 2.24) is 4.98 Å². The fourth-order valence-electron chi connectivity index (χ4n) is 1.56. The van der Waals surface area contributed by atoms with E-state index in [2.05, 4.69) is 4.98 Å². The first-order chi connectivity index (χ1) is 8.65. The third-order valence-electron chi connectivity index (χ3n) is 2.28. The van der Waals surface area contributed by atoms with Gasteiger partial charge in [0, 0.05) is 18.0 Å². The summed E-state index contributed by atoms with van der Waals surface area (Å²) in [5.74, 6) is 0.367. The third kappa shape index (κ3) is 3.28.